The van der Waals surface area contributed by atoms with Gasteiger partial charge in [0, 0.05) is 24.6 Å². The van der Waals surface area contributed by atoms with E-state index in [2.05, 4.69) is 29.2 Å². The number of nitro benzene ring substituents is 1. The van der Waals surface area contributed by atoms with Gasteiger partial charge in [0.1, 0.15) is 11.2 Å². The lowest BCUT2D eigenvalue weighted by Crippen LogP contribution is -2.41. The number of rotatable bonds is 12. The van der Waals surface area contributed by atoms with Gasteiger partial charge < -0.3 is 9.64 Å². The standard InChI is InChI=1S/C31H34N2O5.ClH/c1-23(34)29(21-24-12-11-17-27(20-24)33(36)37)30(35)38-31(2,3)22-32(4)19-18-28(25-13-7-5-8-14-25)26-15-9-6-10-16-26;/h5-17,20-21,28H,18-19,22H2,1-4H3;1H. The molecular formula is C31H35ClN2O5. The van der Waals surface area contributed by atoms with E-state index in [9.17, 15) is 19.7 Å². The largest absolute Gasteiger partial charge is 0.455 e. The molecule has 0 aromatic heterocycles. The van der Waals surface area contributed by atoms with Gasteiger partial charge in [-0.15, -0.1) is 12.4 Å². The molecule has 0 bridgehead atoms. The SMILES string of the molecule is CC(=O)C(=Cc1cccc([N+](=O)[O-])c1)C(=O)OC(C)(C)CN(C)CCC(c1ccccc1)c1ccccc1.Cl. The number of nitrogens with zero attached hydrogens (tertiary/aromatic N) is 2. The Bertz CT molecular complexity index is 1250. The fourth-order valence-corrected chi connectivity index (χ4v) is 4.51. The van der Waals surface area contributed by atoms with Crippen molar-refractivity contribution in [2.75, 3.05) is 20.1 Å². The second-order valence-electron chi connectivity index (χ2n) is 10.0. The van der Waals surface area contributed by atoms with Crippen LogP contribution in [0.25, 0.3) is 6.08 Å². The van der Waals surface area contributed by atoms with Crippen LogP contribution in [0.5, 0.6) is 0 Å². The van der Waals surface area contributed by atoms with Gasteiger partial charge in [-0.25, -0.2) is 4.79 Å². The Morgan fingerprint density at radius 3 is 2.05 bits per heavy atom. The van der Waals surface area contributed by atoms with Crippen LogP contribution in [0.1, 0.15) is 49.8 Å². The molecule has 0 unspecified atom stereocenters. The van der Waals surface area contributed by atoms with E-state index in [0.717, 1.165) is 13.0 Å². The molecule has 0 aliphatic rings. The average Bonchev–Trinajstić information content (AvgIpc) is 2.88. The Balaban J connectivity index is 0.00000533. The minimum Gasteiger partial charge on any atom is -0.455 e. The second kappa shape index (κ2) is 14.4. The Morgan fingerprint density at radius 2 is 1.54 bits per heavy atom. The molecule has 0 aliphatic heterocycles. The van der Waals surface area contributed by atoms with Crippen molar-refractivity contribution in [2.24, 2.45) is 0 Å². The predicted octanol–water partition coefficient (Wildman–Crippen LogP) is 6.46. The zero-order valence-corrected chi connectivity index (χ0v) is 23.5. The van der Waals surface area contributed by atoms with Gasteiger partial charge in [-0.2, -0.15) is 0 Å². The van der Waals surface area contributed by atoms with Gasteiger partial charge in [0.05, 0.1) is 4.92 Å². The van der Waals surface area contributed by atoms with E-state index in [0.29, 0.717) is 12.1 Å². The molecule has 0 radical (unpaired) electrons. The first-order chi connectivity index (χ1) is 18.1. The van der Waals surface area contributed by atoms with Crippen molar-refractivity contribution < 1.29 is 19.2 Å². The lowest BCUT2D eigenvalue weighted by molar-refractivity contribution is -0.384. The summed E-state index contributed by atoms with van der Waals surface area (Å²) in [4.78, 5) is 37.9. The third-order valence-corrected chi connectivity index (χ3v) is 6.21. The van der Waals surface area contributed by atoms with Gasteiger partial charge in [-0.05, 0) is 63.6 Å². The number of nitro groups is 1. The van der Waals surface area contributed by atoms with Crippen molar-refractivity contribution in [3.05, 3.63) is 117 Å². The van der Waals surface area contributed by atoms with Crippen LogP contribution in [0.4, 0.5) is 5.69 Å². The van der Waals surface area contributed by atoms with Crippen molar-refractivity contribution in [3.63, 3.8) is 0 Å². The highest BCUT2D eigenvalue weighted by Gasteiger charge is 2.28. The number of Topliss-reactive ketones (excluding diaryl/α,β-unsaturated/α-hetero) is 1. The highest BCUT2D eigenvalue weighted by atomic mass is 35.5. The topological polar surface area (TPSA) is 89.8 Å². The summed E-state index contributed by atoms with van der Waals surface area (Å²) in [5.74, 6) is -0.999. The lowest BCUT2D eigenvalue weighted by Gasteiger charge is -2.31. The molecule has 3 aromatic carbocycles. The van der Waals surface area contributed by atoms with E-state index >= 15 is 0 Å². The number of carbonyl (C=O) groups excluding carboxylic acids is 2. The van der Waals surface area contributed by atoms with E-state index in [1.54, 1.807) is 19.9 Å². The van der Waals surface area contributed by atoms with Gasteiger partial charge in [-0.1, -0.05) is 72.8 Å². The number of halogens is 1. The van der Waals surface area contributed by atoms with Crippen molar-refractivity contribution >= 4 is 35.9 Å². The Kier molecular flexibility index (Phi) is 11.6. The number of hydrogen-bond acceptors (Lipinski definition) is 6. The van der Waals surface area contributed by atoms with Crippen LogP contribution in [-0.2, 0) is 14.3 Å². The molecule has 0 fully saturated rings. The number of ether oxygens (including phenoxy) is 1. The van der Waals surface area contributed by atoms with Crippen LogP contribution >= 0.6 is 12.4 Å². The molecule has 206 valence electrons. The monoisotopic (exact) mass is 550 g/mol. The molecule has 0 heterocycles. The summed E-state index contributed by atoms with van der Waals surface area (Å²) in [6, 6.07) is 26.5. The number of likely N-dealkylation sites (N-methyl/N-ethyl adjacent to an activating group) is 1. The first kappa shape index (κ1) is 31.4. The summed E-state index contributed by atoms with van der Waals surface area (Å²) in [6.45, 7) is 6.10. The lowest BCUT2D eigenvalue weighted by atomic mass is 9.88. The van der Waals surface area contributed by atoms with Crippen LogP contribution in [0.15, 0.2) is 90.5 Å². The molecule has 3 rings (SSSR count). The van der Waals surface area contributed by atoms with Crippen LogP contribution < -0.4 is 0 Å². The van der Waals surface area contributed by atoms with E-state index < -0.39 is 22.3 Å². The first-order valence-corrected chi connectivity index (χ1v) is 12.5. The molecule has 0 N–H and O–H groups in total. The Morgan fingerprint density at radius 1 is 0.974 bits per heavy atom. The Labute approximate surface area is 236 Å². The summed E-state index contributed by atoms with van der Waals surface area (Å²) >= 11 is 0. The highest BCUT2D eigenvalue weighted by Crippen LogP contribution is 2.28. The maximum absolute atomic E-state index is 13.0. The highest BCUT2D eigenvalue weighted by molar-refractivity contribution is 6.19. The molecule has 0 spiro atoms. The summed E-state index contributed by atoms with van der Waals surface area (Å²) in [5.41, 5.74) is 1.71. The molecule has 0 saturated carbocycles. The summed E-state index contributed by atoms with van der Waals surface area (Å²) in [7, 11) is 1.98. The van der Waals surface area contributed by atoms with E-state index in [1.165, 1.54) is 42.3 Å². The van der Waals surface area contributed by atoms with Crippen molar-refractivity contribution in [3.8, 4) is 0 Å². The molecule has 3 aromatic rings. The second-order valence-corrected chi connectivity index (χ2v) is 10.0. The van der Waals surface area contributed by atoms with Crippen molar-refractivity contribution in [1.82, 2.24) is 4.90 Å². The van der Waals surface area contributed by atoms with Crippen LogP contribution in [0.3, 0.4) is 0 Å². The summed E-state index contributed by atoms with van der Waals surface area (Å²) in [5, 5.41) is 11.1. The molecule has 0 atom stereocenters. The number of non-ortho nitro benzene ring substituents is 1. The molecule has 39 heavy (non-hydrogen) atoms. The maximum atomic E-state index is 13.0. The minimum absolute atomic E-state index is 0. The van der Waals surface area contributed by atoms with Crippen LogP contribution in [0, 0.1) is 10.1 Å². The van der Waals surface area contributed by atoms with Crippen LogP contribution in [0.2, 0.25) is 0 Å². The van der Waals surface area contributed by atoms with E-state index in [4.69, 9.17) is 4.74 Å². The Hall–Kier alpha value is -3.81. The summed E-state index contributed by atoms with van der Waals surface area (Å²) in [6.07, 6.45) is 2.21. The van der Waals surface area contributed by atoms with Crippen molar-refractivity contribution in [2.45, 2.75) is 38.7 Å². The molecule has 7 nitrogen and oxygen atoms in total. The van der Waals surface area contributed by atoms with E-state index in [1.807, 2.05) is 43.4 Å². The molecule has 0 amide bonds. The van der Waals surface area contributed by atoms with Gasteiger partial charge in [0.15, 0.2) is 5.78 Å². The number of hydrogen-bond donors (Lipinski definition) is 0. The fourth-order valence-electron chi connectivity index (χ4n) is 4.51. The van der Waals surface area contributed by atoms with Gasteiger partial charge in [0.2, 0.25) is 0 Å². The number of esters is 1. The zero-order chi connectivity index (χ0) is 27.7. The zero-order valence-electron chi connectivity index (χ0n) is 22.7. The summed E-state index contributed by atoms with van der Waals surface area (Å²) < 4.78 is 5.75. The van der Waals surface area contributed by atoms with Gasteiger partial charge >= 0.3 is 5.97 Å². The average molecular weight is 551 g/mol. The number of carbonyl (C=O) groups is 2. The smallest absolute Gasteiger partial charge is 0.342 e. The molecular weight excluding hydrogens is 516 g/mol. The molecule has 8 heteroatoms. The van der Waals surface area contributed by atoms with Gasteiger partial charge in [0.25, 0.3) is 5.69 Å². The molecule has 0 aliphatic carbocycles. The maximum Gasteiger partial charge on any atom is 0.342 e. The fraction of sp³-hybridized carbons (Fsp3) is 0.290. The van der Waals surface area contributed by atoms with E-state index in [-0.39, 0.29) is 29.6 Å². The number of ketones is 1. The molecule has 0 saturated heterocycles. The van der Waals surface area contributed by atoms with Gasteiger partial charge in [-0.3, -0.25) is 14.9 Å². The number of benzene rings is 3. The normalized spacial score (nSPS) is 11.7. The van der Waals surface area contributed by atoms with Crippen LogP contribution in [-0.4, -0.2) is 47.3 Å². The van der Waals surface area contributed by atoms with Crippen molar-refractivity contribution in [1.29, 1.82) is 0 Å². The third kappa shape index (κ3) is 9.46. The quantitative estimate of drug-likeness (QED) is 0.0641. The predicted molar refractivity (Wildman–Crippen MR) is 156 cm³/mol. The minimum atomic E-state index is -0.877. The third-order valence-electron chi connectivity index (χ3n) is 6.21. The first-order valence-electron chi connectivity index (χ1n) is 12.5.